The third-order valence-corrected chi connectivity index (χ3v) is 3.96. The van der Waals surface area contributed by atoms with E-state index in [0.29, 0.717) is 6.61 Å². The van der Waals surface area contributed by atoms with Crippen LogP contribution < -0.4 is 0 Å². The lowest BCUT2D eigenvalue weighted by Gasteiger charge is -2.16. The Kier molecular flexibility index (Phi) is 2.67. The molecule has 3 saturated heterocycles. The minimum Gasteiger partial charge on any atom is -0.373 e. The van der Waals surface area contributed by atoms with Crippen LogP contribution in [0.3, 0.4) is 0 Å². The summed E-state index contributed by atoms with van der Waals surface area (Å²) in [6.45, 7) is 2.48. The van der Waals surface area contributed by atoms with E-state index in [4.69, 9.17) is 9.57 Å². The molecule has 3 aliphatic heterocycles. The summed E-state index contributed by atoms with van der Waals surface area (Å²) in [7, 11) is 0. The zero-order valence-corrected chi connectivity index (χ0v) is 9.93. The normalized spacial score (nSPS) is 39.2. The van der Waals surface area contributed by atoms with Gasteiger partial charge in [0, 0.05) is 0 Å². The van der Waals surface area contributed by atoms with Crippen LogP contribution in [-0.2, 0) is 19.2 Å². The molecule has 0 aromatic heterocycles. The summed E-state index contributed by atoms with van der Waals surface area (Å²) in [5.41, 5.74) is 0. The van der Waals surface area contributed by atoms with Crippen LogP contribution in [0.25, 0.3) is 0 Å². The fourth-order valence-electron chi connectivity index (χ4n) is 3.11. The van der Waals surface area contributed by atoms with E-state index in [0.717, 1.165) is 30.7 Å². The SMILES string of the molecule is CCCCON1C(=O)[C@@H]2[C@H](C1=O)[C@H]1CC[C@@H]2O1. The van der Waals surface area contributed by atoms with Crippen molar-refractivity contribution >= 4 is 11.8 Å². The highest BCUT2D eigenvalue weighted by molar-refractivity contribution is 6.05. The van der Waals surface area contributed by atoms with Gasteiger partial charge in [0.1, 0.15) is 0 Å². The Hall–Kier alpha value is -0.940. The molecule has 4 atom stereocenters. The van der Waals surface area contributed by atoms with Crippen LogP contribution in [0, 0.1) is 11.8 Å². The first kappa shape index (κ1) is 11.2. The third kappa shape index (κ3) is 1.52. The largest absolute Gasteiger partial charge is 0.373 e. The predicted octanol–water partition coefficient (Wildman–Crippen LogP) is 0.880. The van der Waals surface area contributed by atoms with E-state index in [1.807, 2.05) is 6.92 Å². The Morgan fingerprint density at radius 3 is 2.35 bits per heavy atom. The molecule has 94 valence electrons. The van der Waals surface area contributed by atoms with Gasteiger partial charge in [-0.1, -0.05) is 13.3 Å². The third-order valence-electron chi connectivity index (χ3n) is 3.96. The van der Waals surface area contributed by atoms with Crippen LogP contribution in [0.4, 0.5) is 0 Å². The van der Waals surface area contributed by atoms with Gasteiger partial charge in [-0.2, -0.15) is 5.06 Å². The molecular weight excluding hydrogens is 222 g/mol. The van der Waals surface area contributed by atoms with Gasteiger partial charge in [-0.25, -0.2) is 0 Å². The molecule has 0 aromatic rings. The molecule has 0 saturated carbocycles. The smallest absolute Gasteiger partial charge is 0.260 e. The molecule has 2 bridgehead atoms. The molecule has 0 radical (unpaired) electrons. The Bertz CT molecular complexity index is 328. The van der Waals surface area contributed by atoms with E-state index >= 15 is 0 Å². The maximum Gasteiger partial charge on any atom is 0.260 e. The van der Waals surface area contributed by atoms with E-state index in [1.54, 1.807) is 0 Å². The van der Waals surface area contributed by atoms with Gasteiger partial charge in [0.15, 0.2) is 0 Å². The van der Waals surface area contributed by atoms with E-state index in [-0.39, 0.29) is 35.9 Å². The summed E-state index contributed by atoms with van der Waals surface area (Å²) in [4.78, 5) is 29.5. The van der Waals surface area contributed by atoms with Crippen LogP contribution in [0.1, 0.15) is 32.6 Å². The van der Waals surface area contributed by atoms with Crippen LogP contribution in [0.15, 0.2) is 0 Å². The monoisotopic (exact) mass is 239 g/mol. The van der Waals surface area contributed by atoms with E-state index in [1.165, 1.54) is 0 Å². The lowest BCUT2D eigenvalue weighted by molar-refractivity contribution is -0.192. The minimum atomic E-state index is -0.275. The Balaban J connectivity index is 1.72. The fourth-order valence-corrected chi connectivity index (χ4v) is 3.11. The summed E-state index contributed by atoms with van der Waals surface area (Å²) < 4.78 is 5.63. The topological polar surface area (TPSA) is 55.8 Å². The van der Waals surface area contributed by atoms with Crippen LogP contribution in [0.2, 0.25) is 0 Å². The quantitative estimate of drug-likeness (QED) is 0.540. The van der Waals surface area contributed by atoms with Crippen LogP contribution >= 0.6 is 0 Å². The van der Waals surface area contributed by atoms with Crippen molar-refractivity contribution in [1.29, 1.82) is 0 Å². The lowest BCUT2D eigenvalue weighted by Crippen LogP contribution is -2.34. The molecule has 3 rings (SSSR count). The zero-order valence-electron chi connectivity index (χ0n) is 9.93. The number of amides is 2. The van der Waals surface area contributed by atoms with Crippen LogP contribution in [-0.4, -0.2) is 35.7 Å². The highest BCUT2D eigenvalue weighted by atomic mass is 16.7. The van der Waals surface area contributed by atoms with Gasteiger partial charge in [0.2, 0.25) is 0 Å². The highest BCUT2D eigenvalue weighted by Crippen LogP contribution is 2.48. The van der Waals surface area contributed by atoms with Gasteiger partial charge in [0.25, 0.3) is 11.8 Å². The van der Waals surface area contributed by atoms with Gasteiger partial charge in [-0.15, -0.1) is 0 Å². The average molecular weight is 239 g/mol. The molecule has 0 aromatic carbocycles. The van der Waals surface area contributed by atoms with Gasteiger partial charge in [-0.05, 0) is 19.3 Å². The second-order valence-corrected chi connectivity index (χ2v) is 5.00. The Labute approximate surface area is 100 Å². The number of unbranched alkanes of at least 4 members (excludes halogenated alkanes) is 1. The van der Waals surface area contributed by atoms with E-state index < -0.39 is 0 Å². The average Bonchev–Trinajstić information content (AvgIpc) is 2.97. The summed E-state index contributed by atoms with van der Waals surface area (Å²) in [5, 5.41) is 0.999. The second-order valence-electron chi connectivity index (χ2n) is 5.00. The number of fused-ring (bicyclic) bond motifs is 5. The summed E-state index contributed by atoms with van der Waals surface area (Å²) >= 11 is 0. The maximum absolute atomic E-state index is 12.1. The first-order chi connectivity index (χ1) is 8.24. The van der Waals surface area contributed by atoms with Crippen LogP contribution in [0.5, 0.6) is 0 Å². The molecule has 3 fully saturated rings. The zero-order chi connectivity index (χ0) is 12.0. The molecule has 0 aliphatic carbocycles. The highest BCUT2D eigenvalue weighted by Gasteiger charge is 2.63. The Morgan fingerprint density at radius 2 is 1.82 bits per heavy atom. The van der Waals surface area contributed by atoms with Gasteiger partial charge >= 0.3 is 0 Å². The number of ether oxygens (including phenoxy) is 1. The van der Waals surface area contributed by atoms with Crippen molar-refractivity contribution in [3.05, 3.63) is 0 Å². The van der Waals surface area contributed by atoms with Crippen molar-refractivity contribution in [2.24, 2.45) is 11.8 Å². The number of rotatable bonds is 4. The molecule has 0 unspecified atom stereocenters. The lowest BCUT2D eigenvalue weighted by atomic mass is 9.81. The molecule has 0 N–H and O–H groups in total. The van der Waals surface area contributed by atoms with Gasteiger partial charge in [0.05, 0.1) is 30.7 Å². The molecular formula is C12H17NO4. The van der Waals surface area contributed by atoms with Gasteiger partial charge < -0.3 is 4.74 Å². The summed E-state index contributed by atoms with van der Waals surface area (Å²) in [6, 6.07) is 0. The van der Waals surface area contributed by atoms with E-state index in [9.17, 15) is 9.59 Å². The maximum atomic E-state index is 12.1. The number of hydrogen-bond acceptors (Lipinski definition) is 4. The number of carbonyl (C=O) groups excluding carboxylic acids is 2. The number of carbonyl (C=O) groups is 2. The number of hydrogen-bond donors (Lipinski definition) is 0. The molecule has 5 nitrogen and oxygen atoms in total. The first-order valence-corrected chi connectivity index (χ1v) is 6.40. The second kappa shape index (κ2) is 4.07. The summed E-state index contributed by atoms with van der Waals surface area (Å²) in [5.74, 6) is -0.933. The van der Waals surface area contributed by atoms with Crippen molar-refractivity contribution in [2.75, 3.05) is 6.61 Å². The molecule has 2 amide bonds. The first-order valence-electron chi connectivity index (χ1n) is 6.40. The molecule has 5 heteroatoms. The number of hydroxylamine groups is 2. The minimum absolute atomic E-state index is 0.0544. The number of nitrogens with zero attached hydrogens (tertiary/aromatic N) is 1. The Morgan fingerprint density at radius 1 is 1.24 bits per heavy atom. The van der Waals surface area contributed by atoms with Crippen molar-refractivity contribution in [3.8, 4) is 0 Å². The van der Waals surface area contributed by atoms with Crippen molar-refractivity contribution in [1.82, 2.24) is 5.06 Å². The molecule has 17 heavy (non-hydrogen) atoms. The van der Waals surface area contributed by atoms with Crippen molar-refractivity contribution in [2.45, 2.75) is 44.8 Å². The van der Waals surface area contributed by atoms with Crippen molar-refractivity contribution in [3.63, 3.8) is 0 Å². The standard InChI is InChI=1S/C12H17NO4/c1-2-3-6-16-13-11(14)9-7-4-5-8(17-7)10(9)12(13)15/h7-10H,2-6H2,1H3/t7-,8+,9-,10+. The summed E-state index contributed by atoms with van der Waals surface area (Å²) in [6.07, 6.45) is 3.52. The predicted molar refractivity (Wildman–Crippen MR) is 57.6 cm³/mol. The molecule has 3 aliphatic rings. The molecule has 3 heterocycles. The van der Waals surface area contributed by atoms with Crippen molar-refractivity contribution < 1.29 is 19.2 Å². The molecule has 0 spiro atoms. The van der Waals surface area contributed by atoms with Gasteiger partial charge in [-0.3, -0.25) is 14.4 Å². The fraction of sp³-hybridized carbons (Fsp3) is 0.833. The van der Waals surface area contributed by atoms with E-state index in [2.05, 4.69) is 0 Å². The number of imide groups is 1.